The molecule has 29 heavy (non-hydrogen) atoms. The molecule has 5 unspecified atom stereocenters. The van der Waals surface area contributed by atoms with Gasteiger partial charge in [-0.25, -0.2) is 4.79 Å². The minimum atomic E-state index is -1.21. The quantitative estimate of drug-likeness (QED) is 0.482. The number of rotatable bonds is 4. The van der Waals surface area contributed by atoms with Gasteiger partial charge in [-0.2, -0.15) is 0 Å². The molecule has 0 bridgehead atoms. The van der Waals surface area contributed by atoms with E-state index in [1.165, 1.54) is 0 Å². The Hall–Kier alpha value is -2.78. The highest BCUT2D eigenvalue weighted by molar-refractivity contribution is 5.83. The van der Waals surface area contributed by atoms with E-state index in [2.05, 4.69) is 10.3 Å². The van der Waals surface area contributed by atoms with Crippen molar-refractivity contribution in [2.45, 2.75) is 37.4 Å². The van der Waals surface area contributed by atoms with Crippen molar-refractivity contribution in [3.05, 3.63) is 59.1 Å². The smallest absolute Gasteiger partial charge is 0.345 e. The van der Waals surface area contributed by atoms with Crippen LogP contribution in [0.25, 0.3) is 22.2 Å². The summed E-state index contributed by atoms with van der Waals surface area (Å²) in [4.78, 5) is 16.6. The van der Waals surface area contributed by atoms with Gasteiger partial charge in [-0.1, -0.05) is 6.07 Å². The number of aliphatic hydroxyl groups excluding tert-OH is 3. The van der Waals surface area contributed by atoms with Gasteiger partial charge in [-0.3, -0.25) is 4.98 Å². The van der Waals surface area contributed by atoms with E-state index in [4.69, 9.17) is 9.15 Å². The van der Waals surface area contributed by atoms with Gasteiger partial charge in [-0.15, -0.1) is 0 Å². The van der Waals surface area contributed by atoms with Gasteiger partial charge in [0.25, 0.3) is 0 Å². The summed E-state index contributed by atoms with van der Waals surface area (Å²) in [6, 6.07) is 11.7. The van der Waals surface area contributed by atoms with E-state index >= 15 is 0 Å². The maximum atomic E-state index is 12.4. The van der Waals surface area contributed by atoms with Crippen LogP contribution in [0, 0.1) is 0 Å². The van der Waals surface area contributed by atoms with E-state index < -0.39 is 36.1 Å². The number of nitrogens with zero attached hydrogens (tertiary/aromatic N) is 1. The first-order valence-corrected chi connectivity index (χ1v) is 9.36. The largest absolute Gasteiger partial charge is 0.422 e. The molecule has 4 N–H and O–H groups in total. The number of hydrogen-bond acceptors (Lipinski definition) is 8. The molecule has 8 heteroatoms. The molecule has 0 saturated carbocycles. The van der Waals surface area contributed by atoms with Gasteiger partial charge in [0.2, 0.25) is 0 Å². The molecule has 2 aromatic heterocycles. The molecular formula is C21H22N2O6. The van der Waals surface area contributed by atoms with E-state index in [1.54, 1.807) is 55.6 Å². The average molecular weight is 398 g/mol. The number of hydrogen-bond donors (Lipinski definition) is 4. The van der Waals surface area contributed by atoms with Gasteiger partial charge in [0.15, 0.2) is 0 Å². The summed E-state index contributed by atoms with van der Waals surface area (Å²) in [6.45, 7) is 1.37. The minimum absolute atomic E-state index is 0.377. The predicted molar refractivity (Wildman–Crippen MR) is 107 cm³/mol. The molecule has 0 amide bonds. The number of ether oxygens (including phenoxy) is 1. The molecule has 1 aromatic carbocycles. The van der Waals surface area contributed by atoms with Crippen LogP contribution in [0.2, 0.25) is 0 Å². The monoisotopic (exact) mass is 398 g/mol. The second kappa shape index (κ2) is 7.92. The summed E-state index contributed by atoms with van der Waals surface area (Å²) < 4.78 is 11.0. The van der Waals surface area contributed by atoms with E-state index in [-0.39, 0.29) is 6.61 Å². The highest BCUT2D eigenvalue weighted by Crippen LogP contribution is 2.27. The molecule has 8 nitrogen and oxygen atoms in total. The summed E-state index contributed by atoms with van der Waals surface area (Å²) in [7, 11) is 0. The van der Waals surface area contributed by atoms with Crippen LogP contribution < -0.4 is 10.9 Å². The number of pyridine rings is 1. The Kier molecular flexibility index (Phi) is 5.33. The second-order valence-corrected chi connectivity index (χ2v) is 7.13. The fraction of sp³-hybridized carbons (Fsp3) is 0.333. The predicted octanol–water partition coefficient (Wildman–Crippen LogP) is 1.14. The third-order valence-corrected chi connectivity index (χ3v) is 5.18. The van der Waals surface area contributed by atoms with Crippen molar-refractivity contribution in [1.82, 2.24) is 4.98 Å². The molecule has 3 aromatic rings. The fourth-order valence-electron chi connectivity index (χ4n) is 3.60. The third-order valence-electron chi connectivity index (χ3n) is 5.18. The average Bonchev–Trinajstić information content (AvgIpc) is 2.73. The van der Waals surface area contributed by atoms with Gasteiger partial charge in [-0.05, 0) is 37.3 Å². The maximum Gasteiger partial charge on any atom is 0.345 e. The van der Waals surface area contributed by atoms with Crippen molar-refractivity contribution in [1.29, 1.82) is 0 Å². The minimum Gasteiger partial charge on any atom is -0.422 e. The number of benzene rings is 1. The lowest BCUT2D eigenvalue weighted by Crippen LogP contribution is -2.60. The fourth-order valence-corrected chi connectivity index (χ4v) is 3.60. The van der Waals surface area contributed by atoms with Crippen molar-refractivity contribution in [2.75, 3.05) is 11.9 Å². The normalized spacial score (nSPS) is 27.1. The van der Waals surface area contributed by atoms with E-state index in [0.717, 1.165) is 5.39 Å². The van der Waals surface area contributed by atoms with Gasteiger partial charge in [0.05, 0.1) is 30.0 Å². The first-order chi connectivity index (χ1) is 14.0. The molecule has 5 atom stereocenters. The van der Waals surface area contributed by atoms with Crippen molar-refractivity contribution in [3.63, 3.8) is 0 Å². The van der Waals surface area contributed by atoms with Crippen LogP contribution in [0.1, 0.15) is 6.92 Å². The van der Waals surface area contributed by atoms with E-state index in [9.17, 15) is 20.1 Å². The Morgan fingerprint density at radius 1 is 1.14 bits per heavy atom. The van der Waals surface area contributed by atoms with Gasteiger partial charge in [0.1, 0.15) is 23.9 Å². The summed E-state index contributed by atoms with van der Waals surface area (Å²) in [6.07, 6.45) is -2.03. The SMILES string of the molecule is CC1OC(CO)C(O)C(O)C1Nc1ccc2cc(-c3ccccn3)c(=O)oc2c1. The number of nitrogens with one attached hydrogen (secondary N) is 1. The lowest BCUT2D eigenvalue weighted by Gasteiger charge is -2.41. The van der Waals surface area contributed by atoms with Crippen LogP contribution in [0.5, 0.6) is 0 Å². The van der Waals surface area contributed by atoms with Crippen LogP contribution in [0.15, 0.2) is 57.9 Å². The number of aromatic nitrogens is 1. The van der Waals surface area contributed by atoms with Gasteiger partial charge in [0, 0.05) is 23.3 Å². The van der Waals surface area contributed by atoms with E-state index in [0.29, 0.717) is 22.5 Å². The van der Waals surface area contributed by atoms with Crippen molar-refractivity contribution in [2.24, 2.45) is 0 Å². The van der Waals surface area contributed by atoms with Gasteiger partial charge >= 0.3 is 5.63 Å². The number of aliphatic hydroxyl groups is 3. The molecule has 1 aliphatic heterocycles. The van der Waals surface area contributed by atoms with Crippen LogP contribution in [-0.4, -0.2) is 57.4 Å². The summed E-state index contributed by atoms with van der Waals surface area (Å²) >= 11 is 0. The second-order valence-electron chi connectivity index (χ2n) is 7.13. The molecular weight excluding hydrogens is 376 g/mol. The topological polar surface area (TPSA) is 125 Å². The molecule has 1 fully saturated rings. The Balaban J connectivity index is 1.62. The first kappa shape index (κ1) is 19.5. The number of anilines is 1. The summed E-state index contributed by atoms with van der Waals surface area (Å²) in [5.41, 5.74) is 1.40. The number of fused-ring (bicyclic) bond motifs is 1. The molecule has 0 radical (unpaired) electrons. The van der Waals surface area contributed by atoms with Crippen LogP contribution in [0.3, 0.4) is 0 Å². The molecule has 1 aliphatic rings. The lowest BCUT2D eigenvalue weighted by atomic mass is 9.93. The molecule has 0 spiro atoms. The molecule has 3 heterocycles. The Morgan fingerprint density at radius 3 is 2.69 bits per heavy atom. The van der Waals surface area contributed by atoms with Crippen molar-refractivity contribution >= 4 is 16.7 Å². The highest BCUT2D eigenvalue weighted by Gasteiger charge is 2.42. The van der Waals surface area contributed by atoms with Crippen LogP contribution in [0.4, 0.5) is 5.69 Å². The molecule has 152 valence electrons. The summed E-state index contributed by atoms with van der Waals surface area (Å²) in [5.74, 6) is 0. The zero-order chi connectivity index (χ0) is 20.5. The Bertz CT molecular complexity index is 1050. The lowest BCUT2D eigenvalue weighted by molar-refractivity contribution is -0.180. The zero-order valence-electron chi connectivity index (χ0n) is 15.7. The third kappa shape index (κ3) is 3.75. The van der Waals surface area contributed by atoms with Crippen LogP contribution >= 0.6 is 0 Å². The molecule has 4 rings (SSSR count). The Morgan fingerprint density at radius 2 is 1.97 bits per heavy atom. The maximum absolute atomic E-state index is 12.4. The van der Waals surface area contributed by atoms with E-state index in [1.807, 2.05) is 0 Å². The first-order valence-electron chi connectivity index (χ1n) is 9.36. The Labute approximate surface area is 166 Å². The molecule has 1 saturated heterocycles. The highest BCUT2D eigenvalue weighted by atomic mass is 16.5. The summed E-state index contributed by atoms with van der Waals surface area (Å²) in [5, 5.41) is 33.6. The standard InChI is InChI=1S/C21H22N2O6/c1-11-18(20(26)19(25)17(10-24)28-11)23-13-6-5-12-8-14(15-4-2-3-7-22-15)21(27)29-16(12)9-13/h2-9,11,17-20,23-26H,10H2,1H3. The van der Waals surface area contributed by atoms with Gasteiger partial charge < -0.3 is 29.8 Å². The van der Waals surface area contributed by atoms with Crippen molar-refractivity contribution in [3.8, 4) is 11.3 Å². The van der Waals surface area contributed by atoms with Crippen LogP contribution in [-0.2, 0) is 4.74 Å². The van der Waals surface area contributed by atoms with Crippen molar-refractivity contribution < 1.29 is 24.5 Å². The molecule has 0 aliphatic carbocycles. The zero-order valence-corrected chi connectivity index (χ0v) is 15.7.